The highest BCUT2D eigenvalue weighted by atomic mass is 16.3. The van der Waals surface area contributed by atoms with E-state index in [-0.39, 0.29) is 28.3 Å². The molecule has 8 rings (SSSR count). The van der Waals surface area contributed by atoms with E-state index in [1.165, 1.54) is 43.2 Å². The van der Waals surface area contributed by atoms with Crippen LogP contribution in [0, 0.1) is 57.2 Å². The van der Waals surface area contributed by atoms with Crippen molar-refractivity contribution in [3.8, 4) is 0 Å². The van der Waals surface area contributed by atoms with Crippen molar-refractivity contribution in [2.24, 2.45) is 57.2 Å². The Morgan fingerprint density at radius 1 is 0.863 bits per heavy atom. The topological polar surface area (TPSA) is 90.0 Å². The number of hydrogen-bond donors (Lipinski definition) is 4. The summed E-state index contributed by atoms with van der Waals surface area (Å²) in [4.78, 5) is 22.7. The van der Waals surface area contributed by atoms with Gasteiger partial charge in [0, 0.05) is 13.1 Å². The van der Waals surface area contributed by atoms with Crippen LogP contribution in [0.5, 0.6) is 0 Å². The van der Waals surface area contributed by atoms with E-state index >= 15 is 0 Å². The van der Waals surface area contributed by atoms with Gasteiger partial charge in [0.2, 0.25) is 5.91 Å². The second-order valence-corrected chi connectivity index (χ2v) is 18.9. The first-order chi connectivity index (χ1) is 24.4. The summed E-state index contributed by atoms with van der Waals surface area (Å²) >= 11 is 0. The highest BCUT2D eigenvalue weighted by Crippen LogP contribution is 2.73. The molecule has 1 amide bonds. The van der Waals surface area contributed by atoms with Gasteiger partial charge in [0.15, 0.2) is 0 Å². The molecule has 1 aromatic heterocycles. The van der Waals surface area contributed by atoms with Gasteiger partial charge in [-0.2, -0.15) is 0 Å². The molecule has 10 unspecified atom stereocenters. The monoisotopic (exact) mass is 690 g/mol. The molecule has 6 nitrogen and oxygen atoms in total. The first-order valence-corrected chi connectivity index (χ1v) is 20.2. The third kappa shape index (κ3) is 5.64. The summed E-state index contributed by atoms with van der Waals surface area (Å²) in [6.07, 6.45) is 11.2. The summed E-state index contributed by atoms with van der Waals surface area (Å²) in [5, 5.41) is 18.1. The SMILES string of the molecule is C=C(C)C1CCC2(C(=O)NCc3cccc(CNCc4nc5ccccc5[nH]4)c3)CCC3C(CCC4C3(C)CCC3C(C)(C)C(O)CCC34C)C12. The van der Waals surface area contributed by atoms with Crippen molar-refractivity contribution < 1.29 is 9.90 Å². The zero-order valence-electron chi connectivity index (χ0n) is 31.9. The number of aliphatic hydroxyl groups excluding tert-OH is 1. The van der Waals surface area contributed by atoms with E-state index in [9.17, 15) is 9.90 Å². The van der Waals surface area contributed by atoms with Gasteiger partial charge >= 0.3 is 0 Å². The lowest BCUT2D eigenvalue weighted by atomic mass is 9.36. The standard InChI is InChI=1S/C45H62N4O2/c1-28(2)31-16-22-45(41(51)47-26-30-11-9-10-29(24-30)25-46-27-39-48-34-12-7-8-13-35(34)49-39)23-17-33-32(40(31)45)14-15-37-43(33,5)20-18-36-42(3,4)38(50)19-21-44(36,37)6/h7-13,24,31-33,36-38,40,46,50H,1,14-23,25-27H2,2-6H3,(H,47,51)(H,48,49). The Balaban J connectivity index is 0.961. The number of benzene rings is 2. The lowest BCUT2D eigenvalue weighted by Crippen LogP contribution is -2.64. The van der Waals surface area contributed by atoms with Crippen LogP contribution in [0.1, 0.15) is 116 Å². The molecule has 0 saturated heterocycles. The molecule has 2 aromatic carbocycles. The molecule has 5 aliphatic carbocycles. The van der Waals surface area contributed by atoms with Crippen molar-refractivity contribution in [3.05, 3.63) is 77.6 Å². The minimum atomic E-state index is -0.294. The van der Waals surface area contributed by atoms with Gasteiger partial charge in [0.25, 0.3) is 0 Å². The van der Waals surface area contributed by atoms with Crippen LogP contribution in [-0.4, -0.2) is 27.1 Å². The number of allylic oxidation sites excluding steroid dienone is 1. The molecule has 5 fully saturated rings. The molecule has 1 heterocycles. The van der Waals surface area contributed by atoms with Crippen LogP contribution in [0.2, 0.25) is 0 Å². The third-order valence-electron chi connectivity index (χ3n) is 16.2. The van der Waals surface area contributed by atoms with E-state index in [2.05, 4.69) is 87.1 Å². The fourth-order valence-corrected chi connectivity index (χ4v) is 13.8. The van der Waals surface area contributed by atoms with Crippen molar-refractivity contribution in [2.75, 3.05) is 0 Å². The maximum absolute atomic E-state index is 14.6. The molecule has 0 aliphatic heterocycles. The van der Waals surface area contributed by atoms with E-state index in [1.54, 1.807) is 0 Å². The number of hydrogen-bond acceptors (Lipinski definition) is 4. The summed E-state index contributed by atoms with van der Waals surface area (Å²) in [5.74, 6) is 4.57. The summed E-state index contributed by atoms with van der Waals surface area (Å²) in [7, 11) is 0. The number of carbonyl (C=O) groups is 1. The minimum absolute atomic E-state index is 0.0208. The maximum atomic E-state index is 14.6. The van der Waals surface area contributed by atoms with E-state index in [0.717, 1.165) is 61.1 Å². The van der Waals surface area contributed by atoms with E-state index < -0.39 is 0 Å². The zero-order valence-corrected chi connectivity index (χ0v) is 31.9. The quantitative estimate of drug-likeness (QED) is 0.178. The number of carbonyl (C=O) groups excluding carboxylic acids is 1. The van der Waals surface area contributed by atoms with Crippen molar-refractivity contribution in [3.63, 3.8) is 0 Å². The third-order valence-corrected chi connectivity index (χ3v) is 16.2. The first-order valence-electron chi connectivity index (χ1n) is 20.2. The van der Waals surface area contributed by atoms with Crippen LogP contribution >= 0.6 is 0 Å². The number of para-hydroxylation sites is 2. The predicted molar refractivity (Wildman–Crippen MR) is 205 cm³/mol. The molecule has 0 spiro atoms. The molecule has 51 heavy (non-hydrogen) atoms. The van der Waals surface area contributed by atoms with Crippen molar-refractivity contribution in [1.29, 1.82) is 0 Å². The van der Waals surface area contributed by atoms with E-state index in [4.69, 9.17) is 4.98 Å². The number of imidazole rings is 1. The molecule has 5 saturated carbocycles. The molecule has 3 aromatic rings. The largest absolute Gasteiger partial charge is 0.393 e. The van der Waals surface area contributed by atoms with Gasteiger partial charge in [-0.05, 0) is 146 Å². The number of H-pyrrole nitrogens is 1. The number of aliphatic hydroxyl groups is 1. The highest BCUT2D eigenvalue weighted by molar-refractivity contribution is 5.84. The number of amides is 1. The maximum Gasteiger partial charge on any atom is 0.226 e. The first kappa shape index (κ1) is 35.1. The molecular formula is C45H62N4O2. The Bertz CT molecular complexity index is 1760. The summed E-state index contributed by atoms with van der Waals surface area (Å²) in [6.45, 7) is 18.7. The molecule has 6 heteroatoms. The van der Waals surface area contributed by atoms with Crippen LogP contribution < -0.4 is 10.6 Å². The summed E-state index contributed by atoms with van der Waals surface area (Å²) in [5.41, 5.74) is 5.97. The summed E-state index contributed by atoms with van der Waals surface area (Å²) in [6, 6.07) is 16.8. The second kappa shape index (κ2) is 12.9. The fraction of sp³-hybridized carbons (Fsp3) is 0.644. The smallest absolute Gasteiger partial charge is 0.226 e. The van der Waals surface area contributed by atoms with Crippen LogP contribution in [0.4, 0.5) is 0 Å². The Morgan fingerprint density at radius 3 is 2.39 bits per heavy atom. The zero-order chi connectivity index (χ0) is 35.8. The average Bonchev–Trinajstić information content (AvgIpc) is 3.72. The van der Waals surface area contributed by atoms with Crippen LogP contribution in [0.25, 0.3) is 11.0 Å². The van der Waals surface area contributed by atoms with Crippen LogP contribution in [0.3, 0.4) is 0 Å². The number of fused-ring (bicyclic) bond motifs is 8. The Hall–Kier alpha value is -2.96. The molecule has 0 bridgehead atoms. The van der Waals surface area contributed by atoms with Crippen molar-refractivity contribution >= 4 is 16.9 Å². The number of rotatable bonds is 8. The molecule has 274 valence electrons. The molecular weight excluding hydrogens is 629 g/mol. The minimum Gasteiger partial charge on any atom is -0.393 e. The predicted octanol–water partition coefficient (Wildman–Crippen LogP) is 9.10. The van der Waals surface area contributed by atoms with Crippen LogP contribution in [0.15, 0.2) is 60.7 Å². The molecule has 5 aliphatic rings. The van der Waals surface area contributed by atoms with Gasteiger partial charge in [-0.1, -0.05) is 76.2 Å². The highest BCUT2D eigenvalue weighted by Gasteiger charge is 2.68. The normalized spacial score (nSPS) is 38.3. The summed E-state index contributed by atoms with van der Waals surface area (Å²) < 4.78 is 0. The van der Waals surface area contributed by atoms with Gasteiger partial charge in [0.05, 0.1) is 29.1 Å². The van der Waals surface area contributed by atoms with E-state index in [0.29, 0.717) is 54.0 Å². The lowest BCUT2D eigenvalue weighted by molar-refractivity contribution is -0.216. The van der Waals surface area contributed by atoms with Gasteiger partial charge in [0.1, 0.15) is 5.82 Å². The van der Waals surface area contributed by atoms with Gasteiger partial charge in [-0.15, -0.1) is 0 Å². The molecule has 4 N–H and O–H groups in total. The van der Waals surface area contributed by atoms with E-state index in [1.807, 2.05) is 18.2 Å². The lowest BCUT2D eigenvalue weighted by Gasteiger charge is -2.69. The number of nitrogens with one attached hydrogen (secondary N) is 3. The van der Waals surface area contributed by atoms with Crippen LogP contribution in [-0.2, 0) is 24.4 Å². The average molecular weight is 691 g/mol. The number of nitrogens with zero attached hydrogens (tertiary/aromatic N) is 1. The Morgan fingerprint density at radius 2 is 1.61 bits per heavy atom. The molecule has 0 radical (unpaired) electrons. The number of aromatic nitrogens is 2. The van der Waals surface area contributed by atoms with Gasteiger partial charge in [-0.3, -0.25) is 4.79 Å². The van der Waals surface area contributed by atoms with Crippen molar-refractivity contribution in [1.82, 2.24) is 20.6 Å². The Labute approximate surface area is 306 Å². The van der Waals surface area contributed by atoms with Crippen molar-refractivity contribution in [2.45, 2.75) is 125 Å². The molecule has 10 atom stereocenters. The Kier molecular flexibility index (Phi) is 8.85. The second-order valence-electron chi connectivity index (χ2n) is 18.9. The van der Waals surface area contributed by atoms with Gasteiger partial charge in [-0.25, -0.2) is 4.98 Å². The number of aromatic amines is 1. The van der Waals surface area contributed by atoms with Gasteiger partial charge < -0.3 is 20.7 Å². The fourth-order valence-electron chi connectivity index (χ4n) is 13.8.